The van der Waals surface area contributed by atoms with Crippen LogP contribution >= 0.6 is 27.5 Å². The van der Waals surface area contributed by atoms with Gasteiger partial charge in [-0.25, -0.2) is 14.8 Å². The van der Waals surface area contributed by atoms with Crippen molar-refractivity contribution in [3.63, 3.8) is 0 Å². The van der Waals surface area contributed by atoms with Gasteiger partial charge in [0.25, 0.3) is 0 Å². The molecule has 1 fully saturated rings. The molecule has 1 aliphatic heterocycles. The Bertz CT molecular complexity index is 696. The van der Waals surface area contributed by atoms with E-state index in [4.69, 9.17) is 16.3 Å². The molecule has 0 spiro atoms. The zero-order valence-electron chi connectivity index (χ0n) is 12.8. The summed E-state index contributed by atoms with van der Waals surface area (Å²) in [5.41, 5.74) is 1.00. The molecule has 0 bridgehead atoms. The van der Waals surface area contributed by atoms with E-state index in [2.05, 4.69) is 31.2 Å². The molecular formula is C16H16BrClN4O2. The molecule has 1 aromatic carbocycles. The van der Waals surface area contributed by atoms with Gasteiger partial charge in [-0.2, -0.15) is 0 Å². The highest BCUT2D eigenvalue weighted by Crippen LogP contribution is 2.16. The number of carbonyl (C=O) groups is 1. The number of carbonyl (C=O) groups excluding carboxylic acids is 1. The number of aromatic nitrogens is 2. The summed E-state index contributed by atoms with van der Waals surface area (Å²) in [6.45, 7) is 1.63. The molecule has 0 unspecified atom stereocenters. The lowest BCUT2D eigenvalue weighted by Crippen LogP contribution is -2.39. The first kappa shape index (κ1) is 17.0. The number of halogens is 2. The van der Waals surface area contributed by atoms with Crippen molar-refractivity contribution in [2.45, 2.75) is 19.1 Å². The standard InChI is InChI=1S/C16H16BrClN4O2/c17-12-8-19-15(20-9-12)24-14-5-6-22(10-14)16(23)21-7-11-1-3-13(18)4-2-11/h1-4,8-9,14H,5-7,10H2,(H,21,23)/t14-/m0/s1. The lowest BCUT2D eigenvalue weighted by atomic mass is 10.2. The first-order valence-corrected chi connectivity index (χ1v) is 8.68. The van der Waals surface area contributed by atoms with Gasteiger partial charge in [-0.3, -0.25) is 0 Å². The van der Waals surface area contributed by atoms with Gasteiger partial charge in [0.2, 0.25) is 0 Å². The molecule has 6 nitrogen and oxygen atoms in total. The van der Waals surface area contributed by atoms with Gasteiger partial charge in [0.05, 0.1) is 11.0 Å². The average molecular weight is 412 g/mol. The number of benzene rings is 1. The van der Waals surface area contributed by atoms with Crippen molar-refractivity contribution in [2.24, 2.45) is 0 Å². The van der Waals surface area contributed by atoms with Gasteiger partial charge < -0.3 is 15.0 Å². The minimum Gasteiger partial charge on any atom is -0.458 e. The minimum atomic E-state index is -0.104. The van der Waals surface area contributed by atoms with E-state index in [1.165, 1.54) is 0 Å². The van der Waals surface area contributed by atoms with Crippen molar-refractivity contribution in [3.8, 4) is 6.01 Å². The predicted molar refractivity (Wildman–Crippen MR) is 94.0 cm³/mol. The molecule has 3 rings (SSSR count). The third kappa shape index (κ3) is 4.58. The van der Waals surface area contributed by atoms with Crippen LogP contribution in [0.15, 0.2) is 41.1 Å². The van der Waals surface area contributed by atoms with Crippen LogP contribution in [0.5, 0.6) is 6.01 Å². The molecular weight excluding hydrogens is 396 g/mol. The highest BCUT2D eigenvalue weighted by atomic mass is 79.9. The molecule has 126 valence electrons. The van der Waals surface area contributed by atoms with Crippen molar-refractivity contribution in [1.82, 2.24) is 20.2 Å². The molecule has 2 heterocycles. The number of ether oxygens (including phenoxy) is 1. The van der Waals surface area contributed by atoms with E-state index in [-0.39, 0.29) is 12.1 Å². The van der Waals surface area contributed by atoms with Crippen LogP contribution in [-0.4, -0.2) is 40.1 Å². The van der Waals surface area contributed by atoms with Crippen LogP contribution in [0.25, 0.3) is 0 Å². The highest BCUT2D eigenvalue weighted by Gasteiger charge is 2.28. The summed E-state index contributed by atoms with van der Waals surface area (Å²) in [5, 5.41) is 3.58. The lowest BCUT2D eigenvalue weighted by molar-refractivity contribution is 0.178. The third-order valence-corrected chi connectivity index (χ3v) is 4.32. The number of amides is 2. The lowest BCUT2D eigenvalue weighted by Gasteiger charge is -2.17. The zero-order chi connectivity index (χ0) is 16.9. The van der Waals surface area contributed by atoms with Crippen molar-refractivity contribution < 1.29 is 9.53 Å². The van der Waals surface area contributed by atoms with E-state index >= 15 is 0 Å². The largest absolute Gasteiger partial charge is 0.458 e. The summed E-state index contributed by atoms with van der Waals surface area (Å²) in [7, 11) is 0. The van der Waals surface area contributed by atoms with Crippen LogP contribution < -0.4 is 10.1 Å². The molecule has 2 amide bonds. The maximum Gasteiger partial charge on any atom is 0.317 e. The second-order valence-electron chi connectivity index (χ2n) is 5.44. The number of hydrogen-bond acceptors (Lipinski definition) is 4. The first-order valence-electron chi connectivity index (χ1n) is 7.51. The number of hydrogen-bond donors (Lipinski definition) is 1. The molecule has 8 heteroatoms. The summed E-state index contributed by atoms with van der Waals surface area (Å²) < 4.78 is 6.50. The van der Waals surface area contributed by atoms with Crippen LogP contribution in [0, 0.1) is 0 Å². The Morgan fingerprint density at radius 2 is 2.04 bits per heavy atom. The Morgan fingerprint density at radius 1 is 1.33 bits per heavy atom. The molecule has 1 atom stereocenters. The van der Waals surface area contributed by atoms with E-state index in [0.717, 1.165) is 16.5 Å². The monoisotopic (exact) mass is 410 g/mol. The number of nitrogens with zero attached hydrogens (tertiary/aromatic N) is 3. The van der Waals surface area contributed by atoms with Gasteiger partial charge in [0.1, 0.15) is 6.10 Å². The van der Waals surface area contributed by atoms with Crippen LogP contribution in [0.4, 0.5) is 4.79 Å². The summed E-state index contributed by atoms with van der Waals surface area (Å²) in [6, 6.07) is 7.62. The van der Waals surface area contributed by atoms with Crippen LogP contribution in [0.3, 0.4) is 0 Å². The van der Waals surface area contributed by atoms with Crippen molar-refractivity contribution in [2.75, 3.05) is 13.1 Å². The van der Waals surface area contributed by atoms with Crippen molar-refractivity contribution in [3.05, 3.63) is 51.7 Å². The van der Waals surface area contributed by atoms with Gasteiger partial charge in [-0.05, 0) is 33.6 Å². The number of likely N-dealkylation sites (tertiary alicyclic amines) is 1. The second-order valence-corrected chi connectivity index (χ2v) is 6.80. The fourth-order valence-electron chi connectivity index (χ4n) is 2.41. The fraction of sp³-hybridized carbons (Fsp3) is 0.312. The predicted octanol–water partition coefficient (Wildman–Crippen LogP) is 3.26. The second kappa shape index (κ2) is 7.81. The Kier molecular flexibility index (Phi) is 5.52. The Morgan fingerprint density at radius 3 is 2.75 bits per heavy atom. The van der Waals surface area contributed by atoms with Gasteiger partial charge in [-0.15, -0.1) is 0 Å². The quantitative estimate of drug-likeness (QED) is 0.838. The molecule has 1 aliphatic rings. The summed E-state index contributed by atoms with van der Waals surface area (Å²) >= 11 is 9.12. The topological polar surface area (TPSA) is 67.4 Å². The summed E-state index contributed by atoms with van der Waals surface area (Å²) in [6.07, 6.45) is 3.93. The molecule has 24 heavy (non-hydrogen) atoms. The van der Waals surface area contributed by atoms with Crippen LogP contribution in [-0.2, 0) is 6.54 Å². The number of urea groups is 1. The molecule has 1 saturated heterocycles. The normalized spacial score (nSPS) is 16.9. The van der Waals surface area contributed by atoms with Gasteiger partial charge in [0, 0.05) is 36.9 Å². The minimum absolute atomic E-state index is 0.0903. The van der Waals surface area contributed by atoms with E-state index in [0.29, 0.717) is 30.7 Å². The van der Waals surface area contributed by atoms with E-state index in [1.807, 2.05) is 12.1 Å². The molecule has 0 aliphatic carbocycles. The fourth-order valence-corrected chi connectivity index (χ4v) is 2.74. The van der Waals surface area contributed by atoms with Crippen molar-refractivity contribution >= 4 is 33.6 Å². The Hall–Kier alpha value is -1.86. The molecule has 0 saturated carbocycles. The Balaban J connectivity index is 1.46. The van der Waals surface area contributed by atoms with Crippen LogP contribution in [0.2, 0.25) is 5.02 Å². The first-order chi connectivity index (χ1) is 11.6. The van der Waals surface area contributed by atoms with Gasteiger partial charge in [0.15, 0.2) is 0 Å². The van der Waals surface area contributed by atoms with E-state index < -0.39 is 0 Å². The maximum atomic E-state index is 12.2. The summed E-state index contributed by atoms with van der Waals surface area (Å²) in [5.74, 6) is 0. The zero-order valence-corrected chi connectivity index (χ0v) is 15.1. The highest BCUT2D eigenvalue weighted by molar-refractivity contribution is 9.10. The van der Waals surface area contributed by atoms with Gasteiger partial charge >= 0.3 is 12.0 Å². The smallest absolute Gasteiger partial charge is 0.317 e. The van der Waals surface area contributed by atoms with Crippen LogP contribution in [0.1, 0.15) is 12.0 Å². The van der Waals surface area contributed by atoms with Crippen molar-refractivity contribution in [1.29, 1.82) is 0 Å². The van der Waals surface area contributed by atoms with Gasteiger partial charge in [-0.1, -0.05) is 23.7 Å². The summed E-state index contributed by atoms with van der Waals surface area (Å²) in [4.78, 5) is 22.1. The van der Waals surface area contributed by atoms with E-state index in [1.54, 1.807) is 29.4 Å². The average Bonchev–Trinajstić information content (AvgIpc) is 3.05. The SMILES string of the molecule is O=C(NCc1ccc(Cl)cc1)N1CC[C@H](Oc2ncc(Br)cn2)C1. The Labute approximate surface area is 153 Å². The molecule has 1 aromatic heterocycles. The number of nitrogens with one attached hydrogen (secondary N) is 1. The van der Waals surface area contributed by atoms with E-state index in [9.17, 15) is 4.79 Å². The molecule has 2 aromatic rings. The molecule has 1 N–H and O–H groups in total. The number of rotatable bonds is 4. The maximum absolute atomic E-state index is 12.2. The molecule has 0 radical (unpaired) electrons. The third-order valence-electron chi connectivity index (χ3n) is 3.66.